The first kappa shape index (κ1) is 22.0. The van der Waals surface area contributed by atoms with Crippen molar-refractivity contribution < 1.29 is 19.1 Å². The number of carbonyl (C=O) groups excluding carboxylic acids is 2. The van der Waals surface area contributed by atoms with Crippen molar-refractivity contribution in [2.24, 2.45) is 0 Å². The van der Waals surface area contributed by atoms with Gasteiger partial charge in [0.25, 0.3) is 11.8 Å². The van der Waals surface area contributed by atoms with Gasteiger partial charge in [0.05, 0.1) is 23.7 Å². The fourth-order valence-corrected chi connectivity index (χ4v) is 4.17. The Morgan fingerprint density at radius 3 is 2.13 bits per heavy atom. The summed E-state index contributed by atoms with van der Waals surface area (Å²) < 4.78 is 10.9. The van der Waals surface area contributed by atoms with E-state index in [-0.39, 0.29) is 17.9 Å². The number of amides is 2. The summed E-state index contributed by atoms with van der Waals surface area (Å²) in [7, 11) is 1.62. The maximum Gasteiger partial charge on any atom is 0.267 e. The van der Waals surface area contributed by atoms with Crippen LogP contribution in [0.25, 0.3) is 5.57 Å². The Labute approximate surface area is 182 Å². The van der Waals surface area contributed by atoms with Crippen LogP contribution in [0.15, 0.2) is 53.4 Å². The van der Waals surface area contributed by atoms with Gasteiger partial charge < -0.3 is 9.47 Å². The van der Waals surface area contributed by atoms with E-state index in [1.807, 2.05) is 69.3 Å². The molecular weight excluding hydrogens is 398 g/mol. The van der Waals surface area contributed by atoms with Crippen LogP contribution >= 0.6 is 11.8 Å². The Kier molecular flexibility index (Phi) is 7.21. The molecule has 0 saturated carbocycles. The van der Waals surface area contributed by atoms with Crippen molar-refractivity contribution in [2.45, 2.75) is 33.3 Å². The third-order valence-corrected chi connectivity index (χ3v) is 5.67. The quantitative estimate of drug-likeness (QED) is 0.552. The zero-order valence-corrected chi connectivity index (χ0v) is 18.6. The Hall–Kier alpha value is -2.73. The van der Waals surface area contributed by atoms with E-state index in [0.29, 0.717) is 23.4 Å². The van der Waals surface area contributed by atoms with E-state index in [0.717, 1.165) is 28.4 Å². The molecule has 1 aliphatic heterocycles. The maximum absolute atomic E-state index is 13.2. The van der Waals surface area contributed by atoms with E-state index < -0.39 is 0 Å². The molecule has 0 aliphatic carbocycles. The first-order valence-electron chi connectivity index (χ1n) is 10.1. The van der Waals surface area contributed by atoms with Gasteiger partial charge in [0, 0.05) is 6.54 Å². The van der Waals surface area contributed by atoms with Crippen LogP contribution in [0.5, 0.6) is 11.5 Å². The van der Waals surface area contributed by atoms with Gasteiger partial charge in [-0.3, -0.25) is 14.5 Å². The Bertz CT molecular complexity index is 933. The fourth-order valence-electron chi connectivity index (χ4n) is 3.30. The molecule has 3 rings (SSSR count). The number of methoxy groups -OCH3 is 1. The number of hydrogen-bond donors (Lipinski definition) is 0. The lowest BCUT2D eigenvalue weighted by Gasteiger charge is -2.15. The monoisotopic (exact) mass is 425 g/mol. The van der Waals surface area contributed by atoms with Crippen LogP contribution in [0, 0.1) is 0 Å². The summed E-state index contributed by atoms with van der Waals surface area (Å²) in [5, 5.41) is 0. The minimum Gasteiger partial charge on any atom is -0.497 e. The van der Waals surface area contributed by atoms with Crippen molar-refractivity contribution in [1.82, 2.24) is 4.90 Å². The highest BCUT2D eigenvalue weighted by Crippen LogP contribution is 2.36. The molecule has 0 spiro atoms. The molecule has 0 saturated heterocycles. The van der Waals surface area contributed by atoms with Crippen molar-refractivity contribution in [3.8, 4) is 11.5 Å². The number of rotatable bonds is 9. The zero-order valence-electron chi connectivity index (χ0n) is 17.8. The maximum atomic E-state index is 13.2. The van der Waals surface area contributed by atoms with Crippen molar-refractivity contribution in [3.63, 3.8) is 0 Å². The van der Waals surface area contributed by atoms with Gasteiger partial charge in [0.1, 0.15) is 11.5 Å². The molecule has 0 radical (unpaired) electrons. The summed E-state index contributed by atoms with van der Waals surface area (Å²) in [5.41, 5.74) is 2.27. The van der Waals surface area contributed by atoms with Crippen molar-refractivity contribution >= 4 is 29.1 Å². The van der Waals surface area contributed by atoms with Crippen LogP contribution in [-0.2, 0) is 16.0 Å². The van der Waals surface area contributed by atoms with Crippen LogP contribution in [0.1, 0.15) is 31.9 Å². The normalized spacial score (nSPS) is 14.1. The van der Waals surface area contributed by atoms with Crippen molar-refractivity contribution in [2.75, 3.05) is 19.4 Å². The molecule has 5 nitrogen and oxygen atoms in total. The van der Waals surface area contributed by atoms with Gasteiger partial charge in [-0.25, -0.2) is 0 Å². The molecule has 2 aromatic rings. The second kappa shape index (κ2) is 9.85. The van der Waals surface area contributed by atoms with Crippen LogP contribution in [0.4, 0.5) is 0 Å². The van der Waals surface area contributed by atoms with E-state index in [1.54, 1.807) is 7.11 Å². The Balaban J connectivity index is 1.79. The number of hydrogen-bond acceptors (Lipinski definition) is 5. The largest absolute Gasteiger partial charge is 0.497 e. The fraction of sp³-hybridized carbons (Fsp3) is 0.333. The molecular formula is C24H27NO4S. The average molecular weight is 426 g/mol. The zero-order chi connectivity index (χ0) is 21.7. The van der Waals surface area contributed by atoms with Gasteiger partial charge in [0.15, 0.2) is 0 Å². The highest BCUT2D eigenvalue weighted by atomic mass is 32.2. The summed E-state index contributed by atoms with van der Waals surface area (Å²) >= 11 is 1.42. The second-order valence-corrected chi connectivity index (χ2v) is 8.46. The number of ether oxygens (including phenoxy) is 2. The Morgan fingerprint density at radius 2 is 1.57 bits per heavy atom. The third-order valence-electron chi connectivity index (χ3n) is 4.71. The van der Waals surface area contributed by atoms with Crippen LogP contribution in [0.3, 0.4) is 0 Å². The van der Waals surface area contributed by atoms with Gasteiger partial charge in [-0.1, -0.05) is 31.2 Å². The van der Waals surface area contributed by atoms with Gasteiger partial charge in [-0.05, 0) is 61.4 Å². The highest BCUT2D eigenvalue weighted by Gasteiger charge is 2.38. The highest BCUT2D eigenvalue weighted by molar-refractivity contribution is 8.04. The number of thioether (sulfide) groups is 1. The lowest BCUT2D eigenvalue weighted by atomic mass is 10.1. The lowest BCUT2D eigenvalue weighted by molar-refractivity contribution is -0.136. The first-order valence-corrected chi connectivity index (χ1v) is 11.1. The second-order valence-electron chi connectivity index (χ2n) is 7.19. The van der Waals surface area contributed by atoms with Crippen LogP contribution in [-0.4, -0.2) is 42.2 Å². The summed E-state index contributed by atoms with van der Waals surface area (Å²) in [6.07, 6.45) is 0.671. The minimum atomic E-state index is -0.234. The molecule has 0 unspecified atom stereocenters. The predicted molar refractivity (Wildman–Crippen MR) is 121 cm³/mol. The van der Waals surface area contributed by atoms with Crippen molar-refractivity contribution in [3.05, 3.63) is 64.6 Å². The standard InChI is InChI=1S/C24H27NO4S/c1-5-30-22-21(18-8-12-20(13-9-18)29-16(2)3)23(26)25(24(22)27)15-14-17-6-10-19(28-4)11-7-17/h6-13,16H,5,14-15H2,1-4H3. The third kappa shape index (κ3) is 4.87. The number of nitrogens with zero attached hydrogens (tertiary/aromatic N) is 1. The number of benzene rings is 2. The summed E-state index contributed by atoms with van der Waals surface area (Å²) in [5.74, 6) is 1.80. The molecule has 1 aliphatic rings. The van der Waals surface area contributed by atoms with E-state index in [1.165, 1.54) is 16.7 Å². The molecule has 0 aromatic heterocycles. The van der Waals surface area contributed by atoms with Crippen LogP contribution < -0.4 is 9.47 Å². The minimum absolute atomic E-state index is 0.0735. The summed E-state index contributed by atoms with van der Waals surface area (Å²) in [6.45, 7) is 6.25. The lowest BCUT2D eigenvalue weighted by Crippen LogP contribution is -2.33. The van der Waals surface area contributed by atoms with Gasteiger partial charge in [-0.15, -0.1) is 11.8 Å². The number of imide groups is 1. The molecule has 0 N–H and O–H groups in total. The number of carbonyl (C=O) groups is 2. The van der Waals surface area contributed by atoms with Crippen molar-refractivity contribution in [1.29, 1.82) is 0 Å². The van der Waals surface area contributed by atoms with E-state index >= 15 is 0 Å². The SMILES string of the molecule is CCSC1=C(c2ccc(OC(C)C)cc2)C(=O)N(CCc2ccc(OC)cc2)C1=O. The van der Waals surface area contributed by atoms with E-state index in [4.69, 9.17) is 9.47 Å². The molecule has 2 aromatic carbocycles. The van der Waals surface area contributed by atoms with E-state index in [2.05, 4.69) is 0 Å². The molecule has 0 atom stereocenters. The van der Waals surface area contributed by atoms with E-state index in [9.17, 15) is 9.59 Å². The molecule has 1 heterocycles. The molecule has 30 heavy (non-hydrogen) atoms. The molecule has 2 amide bonds. The predicted octanol–water partition coefficient (Wildman–Crippen LogP) is 4.56. The summed E-state index contributed by atoms with van der Waals surface area (Å²) in [6, 6.07) is 15.0. The van der Waals surface area contributed by atoms with Gasteiger partial charge in [0.2, 0.25) is 0 Å². The summed E-state index contributed by atoms with van der Waals surface area (Å²) in [4.78, 5) is 28.1. The molecule has 6 heteroatoms. The van der Waals surface area contributed by atoms with Gasteiger partial charge >= 0.3 is 0 Å². The topological polar surface area (TPSA) is 55.8 Å². The van der Waals surface area contributed by atoms with Crippen LogP contribution in [0.2, 0.25) is 0 Å². The molecule has 0 fully saturated rings. The Morgan fingerprint density at radius 1 is 0.933 bits per heavy atom. The molecule has 158 valence electrons. The smallest absolute Gasteiger partial charge is 0.267 e. The average Bonchev–Trinajstić information content (AvgIpc) is 2.97. The molecule has 0 bridgehead atoms. The first-order chi connectivity index (χ1) is 14.4. The van der Waals surface area contributed by atoms with Gasteiger partial charge in [-0.2, -0.15) is 0 Å².